The molecule has 0 fully saturated rings. The number of hydrogen-bond acceptors (Lipinski definition) is 3. The number of benzene rings is 1. The maximum absolute atomic E-state index is 11.1. The number of esters is 1. The molecule has 0 saturated carbocycles. The quantitative estimate of drug-likeness (QED) is 0.878. The van der Waals surface area contributed by atoms with Gasteiger partial charge >= 0.3 is 5.97 Å². The molecule has 0 aliphatic carbocycles. The molecule has 0 radical (unpaired) electrons. The van der Waals surface area contributed by atoms with Crippen LogP contribution in [0.2, 0.25) is 5.02 Å². The molecular formula is C14H16ClNO3. The Morgan fingerprint density at radius 3 is 2.79 bits per heavy atom. The Morgan fingerprint density at radius 2 is 2.16 bits per heavy atom. The fourth-order valence-electron chi connectivity index (χ4n) is 2.20. The zero-order valence-electron chi connectivity index (χ0n) is 11.1. The van der Waals surface area contributed by atoms with Crippen LogP contribution < -0.4 is 0 Å². The summed E-state index contributed by atoms with van der Waals surface area (Å²) in [5.41, 5.74) is 0.164. The minimum absolute atomic E-state index is 0.175. The Hall–Kier alpha value is -1.68. The smallest absolute Gasteiger partial charge is 0.303 e. The number of halogens is 1. The van der Waals surface area contributed by atoms with Crippen LogP contribution in [0.3, 0.4) is 0 Å². The number of phenols is 1. The molecule has 0 bridgehead atoms. The molecule has 0 aliphatic rings. The minimum Gasteiger partial charge on any atom is -0.508 e. The van der Waals surface area contributed by atoms with E-state index in [4.69, 9.17) is 16.3 Å². The Balaban J connectivity index is 2.40. The third-order valence-electron chi connectivity index (χ3n) is 2.79. The number of fused-ring (bicyclic) bond motifs is 1. The van der Waals surface area contributed by atoms with Crippen LogP contribution >= 0.6 is 11.6 Å². The predicted octanol–water partition coefficient (Wildman–Crippen LogP) is 3.34. The Labute approximate surface area is 116 Å². The van der Waals surface area contributed by atoms with E-state index in [0.717, 1.165) is 10.9 Å². The fourth-order valence-corrected chi connectivity index (χ4v) is 2.48. The Bertz CT molecular complexity index is 631. The van der Waals surface area contributed by atoms with E-state index in [2.05, 4.69) is 0 Å². The SMILES string of the molecule is CC(=O)OC(C)(C)Cn1cc(Cl)c2ccc(O)cc21. The summed E-state index contributed by atoms with van der Waals surface area (Å²) in [6.07, 6.45) is 1.77. The third-order valence-corrected chi connectivity index (χ3v) is 3.09. The van der Waals surface area contributed by atoms with Gasteiger partial charge in [0.2, 0.25) is 0 Å². The van der Waals surface area contributed by atoms with Crippen molar-refractivity contribution in [2.45, 2.75) is 32.9 Å². The first kappa shape index (κ1) is 13.7. The summed E-state index contributed by atoms with van der Waals surface area (Å²) in [5.74, 6) is -0.149. The fraction of sp³-hybridized carbons (Fsp3) is 0.357. The van der Waals surface area contributed by atoms with Gasteiger partial charge in [0, 0.05) is 24.6 Å². The van der Waals surface area contributed by atoms with Crippen LogP contribution in [0.15, 0.2) is 24.4 Å². The van der Waals surface area contributed by atoms with Gasteiger partial charge in [-0.3, -0.25) is 4.79 Å². The summed E-state index contributed by atoms with van der Waals surface area (Å²) in [6.45, 7) is 5.50. The van der Waals surface area contributed by atoms with Crippen molar-refractivity contribution < 1.29 is 14.6 Å². The van der Waals surface area contributed by atoms with Crippen LogP contribution in [0, 0.1) is 0 Å². The molecule has 0 unspecified atom stereocenters. The highest BCUT2D eigenvalue weighted by atomic mass is 35.5. The van der Waals surface area contributed by atoms with E-state index in [-0.39, 0.29) is 11.7 Å². The number of aromatic nitrogens is 1. The number of carbonyl (C=O) groups excluding carboxylic acids is 1. The number of ether oxygens (including phenoxy) is 1. The van der Waals surface area contributed by atoms with Crippen molar-refractivity contribution in [2.75, 3.05) is 0 Å². The van der Waals surface area contributed by atoms with E-state index in [0.29, 0.717) is 11.6 Å². The molecule has 1 N–H and O–H groups in total. The lowest BCUT2D eigenvalue weighted by Crippen LogP contribution is -2.32. The van der Waals surface area contributed by atoms with Crippen LogP contribution in [-0.4, -0.2) is 21.2 Å². The molecule has 0 amide bonds. The molecule has 2 aromatic rings. The second-order valence-electron chi connectivity index (χ2n) is 5.16. The van der Waals surface area contributed by atoms with Gasteiger partial charge in [0.05, 0.1) is 17.1 Å². The molecule has 2 rings (SSSR count). The first-order valence-electron chi connectivity index (χ1n) is 5.95. The van der Waals surface area contributed by atoms with Gasteiger partial charge in [0.25, 0.3) is 0 Å². The largest absolute Gasteiger partial charge is 0.508 e. The lowest BCUT2D eigenvalue weighted by molar-refractivity contribution is -0.154. The molecule has 0 saturated heterocycles. The summed E-state index contributed by atoms with van der Waals surface area (Å²) in [6, 6.07) is 5.00. The topological polar surface area (TPSA) is 51.5 Å². The highest BCUT2D eigenvalue weighted by Crippen LogP contribution is 2.30. The summed E-state index contributed by atoms with van der Waals surface area (Å²) < 4.78 is 7.14. The van der Waals surface area contributed by atoms with Crippen molar-refractivity contribution in [3.05, 3.63) is 29.4 Å². The van der Waals surface area contributed by atoms with E-state index < -0.39 is 5.60 Å². The van der Waals surface area contributed by atoms with Crippen LogP contribution in [0.4, 0.5) is 0 Å². The standard InChI is InChI=1S/C14H16ClNO3/c1-9(17)19-14(2,3)8-16-7-12(15)11-5-4-10(18)6-13(11)16/h4-7,18H,8H2,1-3H3. The van der Waals surface area contributed by atoms with Gasteiger partial charge in [0.15, 0.2) is 0 Å². The number of nitrogens with zero attached hydrogens (tertiary/aromatic N) is 1. The second kappa shape index (κ2) is 4.78. The highest BCUT2D eigenvalue weighted by Gasteiger charge is 2.23. The van der Waals surface area contributed by atoms with Gasteiger partial charge in [-0.05, 0) is 26.0 Å². The van der Waals surface area contributed by atoms with E-state index >= 15 is 0 Å². The van der Waals surface area contributed by atoms with Crippen molar-refractivity contribution in [3.63, 3.8) is 0 Å². The molecule has 5 heteroatoms. The Kier molecular flexibility index (Phi) is 3.45. The molecule has 0 spiro atoms. The van der Waals surface area contributed by atoms with E-state index in [1.54, 1.807) is 24.4 Å². The van der Waals surface area contributed by atoms with Crippen LogP contribution in [0.5, 0.6) is 5.75 Å². The van der Waals surface area contributed by atoms with Gasteiger partial charge in [-0.15, -0.1) is 0 Å². The number of phenolic OH excluding ortho intramolecular Hbond substituents is 1. The number of aromatic hydroxyl groups is 1. The summed E-state index contributed by atoms with van der Waals surface area (Å²) in [5, 5.41) is 11.0. The Morgan fingerprint density at radius 1 is 1.47 bits per heavy atom. The van der Waals surface area contributed by atoms with Gasteiger partial charge in [-0.2, -0.15) is 0 Å². The monoisotopic (exact) mass is 281 g/mol. The summed E-state index contributed by atoms with van der Waals surface area (Å²) >= 11 is 6.15. The van der Waals surface area contributed by atoms with Crippen molar-refractivity contribution in [2.24, 2.45) is 0 Å². The normalized spacial score (nSPS) is 11.8. The molecule has 1 heterocycles. The molecule has 1 aromatic carbocycles. The molecule has 0 atom stereocenters. The van der Waals surface area contributed by atoms with Gasteiger partial charge in [-0.1, -0.05) is 11.6 Å². The van der Waals surface area contributed by atoms with E-state index in [1.165, 1.54) is 6.92 Å². The molecule has 102 valence electrons. The third kappa shape index (κ3) is 3.01. The first-order chi connectivity index (χ1) is 8.78. The number of rotatable bonds is 3. The molecule has 19 heavy (non-hydrogen) atoms. The second-order valence-corrected chi connectivity index (χ2v) is 5.57. The van der Waals surface area contributed by atoms with Crippen molar-refractivity contribution in [1.29, 1.82) is 0 Å². The summed E-state index contributed by atoms with van der Waals surface area (Å²) in [4.78, 5) is 11.1. The van der Waals surface area contributed by atoms with E-state index in [1.807, 2.05) is 18.4 Å². The van der Waals surface area contributed by atoms with Crippen molar-refractivity contribution in [3.8, 4) is 5.75 Å². The van der Waals surface area contributed by atoms with Crippen LogP contribution in [0.25, 0.3) is 10.9 Å². The molecule has 4 nitrogen and oxygen atoms in total. The zero-order chi connectivity index (χ0) is 14.2. The van der Waals surface area contributed by atoms with Gasteiger partial charge in [-0.25, -0.2) is 0 Å². The van der Waals surface area contributed by atoms with E-state index in [9.17, 15) is 9.90 Å². The van der Waals surface area contributed by atoms with Crippen molar-refractivity contribution >= 4 is 28.5 Å². The first-order valence-corrected chi connectivity index (χ1v) is 6.33. The average Bonchev–Trinajstić information content (AvgIpc) is 2.52. The van der Waals surface area contributed by atoms with Crippen LogP contribution in [0.1, 0.15) is 20.8 Å². The predicted molar refractivity (Wildman–Crippen MR) is 74.5 cm³/mol. The molecular weight excluding hydrogens is 266 g/mol. The molecule has 0 aliphatic heterocycles. The number of hydrogen-bond donors (Lipinski definition) is 1. The maximum atomic E-state index is 11.1. The van der Waals surface area contributed by atoms with Crippen LogP contribution in [-0.2, 0) is 16.1 Å². The lowest BCUT2D eigenvalue weighted by atomic mass is 10.1. The molecule has 1 aromatic heterocycles. The maximum Gasteiger partial charge on any atom is 0.303 e. The van der Waals surface area contributed by atoms with Gasteiger partial charge in [0.1, 0.15) is 11.4 Å². The summed E-state index contributed by atoms with van der Waals surface area (Å²) in [7, 11) is 0. The average molecular weight is 282 g/mol. The zero-order valence-corrected chi connectivity index (χ0v) is 11.9. The highest BCUT2D eigenvalue weighted by molar-refractivity contribution is 6.35. The van der Waals surface area contributed by atoms with Crippen molar-refractivity contribution in [1.82, 2.24) is 4.57 Å². The van der Waals surface area contributed by atoms with Gasteiger partial charge < -0.3 is 14.4 Å². The number of carbonyl (C=O) groups is 1. The minimum atomic E-state index is -0.646. The lowest BCUT2D eigenvalue weighted by Gasteiger charge is -2.25.